The molecule has 0 heteroatoms. The van der Waals surface area contributed by atoms with Gasteiger partial charge in [-0.1, -0.05) is 12.2 Å². The van der Waals surface area contributed by atoms with Gasteiger partial charge in [-0.15, -0.1) is 0 Å². The third-order valence-corrected chi connectivity index (χ3v) is 2.05. The molecule has 3 atom stereocenters. The van der Waals surface area contributed by atoms with Gasteiger partial charge in [0, 0.05) is 1.37 Å². The molecule has 2 aliphatic rings. The predicted octanol–water partition coefficient (Wildman–Crippen LogP) is 1.97. The van der Waals surface area contributed by atoms with Crippen molar-refractivity contribution in [2.45, 2.75) is 19.2 Å². The average Bonchev–Trinajstić information content (AvgIpc) is 2.09. The summed E-state index contributed by atoms with van der Waals surface area (Å²) in [6.45, 7) is 0. The maximum absolute atomic E-state index is 7.40. The van der Waals surface area contributed by atoms with Gasteiger partial charge in [0.1, 0.15) is 0 Å². The van der Waals surface area contributed by atoms with Gasteiger partial charge in [0.05, 0.1) is 0 Å². The Morgan fingerprint density at radius 2 is 2.71 bits per heavy atom. The van der Waals surface area contributed by atoms with Crippen molar-refractivity contribution in [3.05, 3.63) is 12.2 Å². The maximum Gasteiger partial charge on any atom is 0.0270 e. The van der Waals surface area contributed by atoms with E-state index in [-0.39, 0.29) is 6.40 Å². The zero-order chi connectivity index (χ0) is 5.56. The number of hydrogen-bond acceptors (Lipinski definition) is 0. The molecule has 2 aliphatic carbocycles. The van der Waals surface area contributed by atoms with Gasteiger partial charge in [-0.05, 0) is 31.1 Å². The van der Waals surface area contributed by atoms with Crippen molar-refractivity contribution in [2.24, 2.45) is 11.8 Å². The van der Waals surface area contributed by atoms with Crippen molar-refractivity contribution in [1.82, 2.24) is 0 Å². The van der Waals surface area contributed by atoms with Crippen LogP contribution in [0.2, 0.25) is 0 Å². The van der Waals surface area contributed by atoms with Crippen LogP contribution < -0.4 is 0 Å². The molecule has 0 aliphatic heterocycles. The summed E-state index contributed by atoms with van der Waals surface area (Å²) in [6.07, 6.45) is 7.08. The van der Waals surface area contributed by atoms with Crippen LogP contribution in [0.3, 0.4) is 0 Å². The van der Waals surface area contributed by atoms with Gasteiger partial charge in [-0.25, -0.2) is 0 Å². The summed E-state index contributed by atoms with van der Waals surface area (Å²) in [5, 5.41) is 0. The molecule has 0 amide bonds. The van der Waals surface area contributed by atoms with Gasteiger partial charge in [-0.2, -0.15) is 0 Å². The Morgan fingerprint density at radius 1 is 1.71 bits per heavy atom. The first kappa shape index (κ1) is 2.91. The minimum Gasteiger partial charge on any atom is -0.0880 e. The van der Waals surface area contributed by atoms with Crippen LogP contribution in [-0.4, -0.2) is 0 Å². The molecule has 0 radical (unpaired) electrons. The molecule has 2 rings (SSSR count). The van der Waals surface area contributed by atoms with Crippen molar-refractivity contribution in [3.8, 4) is 0 Å². The minimum atomic E-state index is 0.273. The second-order valence-corrected chi connectivity index (χ2v) is 2.46. The highest BCUT2D eigenvalue weighted by Gasteiger charge is 2.30. The van der Waals surface area contributed by atoms with Gasteiger partial charge < -0.3 is 0 Å². The zero-order valence-electron chi connectivity index (χ0n) is 5.30. The molecule has 0 aromatic rings. The highest BCUT2D eigenvalue weighted by atomic mass is 14.3. The van der Waals surface area contributed by atoms with Crippen molar-refractivity contribution in [2.75, 3.05) is 0 Å². The van der Waals surface area contributed by atoms with E-state index in [2.05, 4.69) is 12.2 Å². The smallest absolute Gasteiger partial charge is 0.0270 e. The fourth-order valence-electron chi connectivity index (χ4n) is 1.39. The third-order valence-electron chi connectivity index (χ3n) is 2.05. The lowest BCUT2D eigenvalue weighted by atomic mass is 9.76. The third kappa shape index (κ3) is 0.370. The number of rotatable bonds is 0. The largest absolute Gasteiger partial charge is 0.0880 e. The molecule has 0 aromatic heterocycles. The van der Waals surface area contributed by atoms with E-state index < -0.39 is 0 Å². The van der Waals surface area contributed by atoms with E-state index in [1.165, 1.54) is 6.42 Å². The molecule has 0 bridgehead atoms. The van der Waals surface area contributed by atoms with Crippen LogP contribution >= 0.6 is 0 Å². The van der Waals surface area contributed by atoms with Gasteiger partial charge in [0.2, 0.25) is 0 Å². The molecular weight excluding hydrogens is 84.1 g/mol. The first-order chi connectivity index (χ1) is 3.88. The predicted molar refractivity (Wildman–Crippen MR) is 30.0 cm³/mol. The molecule has 1 fully saturated rings. The zero-order valence-corrected chi connectivity index (χ0v) is 4.30. The molecule has 0 unspecified atom stereocenters. The second-order valence-electron chi connectivity index (χ2n) is 2.46. The lowest BCUT2D eigenvalue weighted by Crippen LogP contribution is -2.18. The maximum atomic E-state index is 7.40. The van der Waals surface area contributed by atoms with Gasteiger partial charge in [0.25, 0.3) is 0 Å². The molecule has 0 nitrogen and oxygen atoms in total. The minimum absolute atomic E-state index is 0.273. The van der Waals surface area contributed by atoms with Crippen LogP contribution in [-0.2, 0) is 0 Å². The Morgan fingerprint density at radius 3 is 3.29 bits per heavy atom. The van der Waals surface area contributed by atoms with Crippen LogP contribution in [0.4, 0.5) is 0 Å². The van der Waals surface area contributed by atoms with Gasteiger partial charge >= 0.3 is 0 Å². The van der Waals surface area contributed by atoms with E-state index in [0.29, 0.717) is 0 Å². The summed E-state index contributed by atoms with van der Waals surface area (Å²) in [7, 11) is 0. The summed E-state index contributed by atoms with van der Waals surface area (Å²) < 4.78 is 7.40. The van der Waals surface area contributed by atoms with Gasteiger partial charge in [0.15, 0.2) is 0 Å². The lowest BCUT2D eigenvalue weighted by Gasteiger charge is -2.29. The Labute approximate surface area is 45.6 Å². The van der Waals surface area contributed by atoms with E-state index in [9.17, 15) is 0 Å². The standard InChI is InChI=1S/C7H10/c1-2-6-4-5-7(6)3-1/h1-2,6-7H,3-5H2/t6-,7+/m1/s1/i5D/t5-,6+,7-/m0. The number of fused-ring (bicyclic) bond motifs is 1. The lowest BCUT2D eigenvalue weighted by molar-refractivity contribution is 0.249. The van der Waals surface area contributed by atoms with Crippen LogP contribution in [0.15, 0.2) is 12.2 Å². The first-order valence-electron chi connectivity index (χ1n) is 3.54. The van der Waals surface area contributed by atoms with Crippen molar-refractivity contribution in [3.63, 3.8) is 0 Å². The van der Waals surface area contributed by atoms with Crippen LogP contribution in [0.25, 0.3) is 0 Å². The van der Waals surface area contributed by atoms with Crippen molar-refractivity contribution >= 4 is 0 Å². The quantitative estimate of drug-likeness (QED) is 0.403. The SMILES string of the molecule is [2H][C@H]1C[C@H]2C=CC[C@H]21. The summed E-state index contributed by atoms with van der Waals surface area (Å²) in [6, 6.07) is 0. The molecule has 1 saturated carbocycles. The van der Waals surface area contributed by atoms with Crippen LogP contribution in [0, 0.1) is 11.8 Å². The number of allylic oxidation sites excluding steroid dienone is 2. The first-order valence-corrected chi connectivity index (χ1v) is 2.97. The Bertz CT molecular complexity index is 128. The fourth-order valence-corrected chi connectivity index (χ4v) is 1.39. The number of hydrogen-bond donors (Lipinski definition) is 0. The average molecular weight is 95.2 g/mol. The highest BCUT2D eigenvalue weighted by molar-refractivity contribution is 5.05. The molecule has 0 heterocycles. The second kappa shape index (κ2) is 1.12. The van der Waals surface area contributed by atoms with Crippen molar-refractivity contribution < 1.29 is 1.37 Å². The normalized spacial score (nSPS) is 58.3. The molecule has 0 saturated heterocycles. The molecule has 0 aromatic carbocycles. The van der Waals surface area contributed by atoms with E-state index in [0.717, 1.165) is 18.3 Å². The van der Waals surface area contributed by atoms with Crippen molar-refractivity contribution in [1.29, 1.82) is 0 Å². The van der Waals surface area contributed by atoms with Crippen LogP contribution in [0.1, 0.15) is 20.6 Å². The van der Waals surface area contributed by atoms with E-state index >= 15 is 0 Å². The Kier molecular flexibility index (Phi) is 0.464. The molecule has 38 valence electrons. The summed E-state index contributed by atoms with van der Waals surface area (Å²) in [5.74, 6) is 1.52. The van der Waals surface area contributed by atoms with Gasteiger partial charge in [-0.3, -0.25) is 0 Å². The van der Waals surface area contributed by atoms with Crippen LogP contribution in [0.5, 0.6) is 0 Å². The van der Waals surface area contributed by atoms with E-state index in [4.69, 9.17) is 1.37 Å². The fraction of sp³-hybridized carbons (Fsp3) is 0.714. The summed E-state index contributed by atoms with van der Waals surface area (Å²) in [5.41, 5.74) is 0. The highest BCUT2D eigenvalue weighted by Crippen LogP contribution is 2.41. The van der Waals surface area contributed by atoms with E-state index in [1.54, 1.807) is 0 Å². The molecular formula is C7H10. The molecule has 0 spiro atoms. The molecule has 7 heavy (non-hydrogen) atoms. The topological polar surface area (TPSA) is 0 Å². The Hall–Kier alpha value is -0.260. The summed E-state index contributed by atoms with van der Waals surface area (Å²) >= 11 is 0. The molecule has 0 N–H and O–H groups in total. The monoisotopic (exact) mass is 95.1 g/mol. The Balaban J connectivity index is 2.08. The summed E-state index contributed by atoms with van der Waals surface area (Å²) in [4.78, 5) is 0. The van der Waals surface area contributed by atoms with E-state index in [1.807, 2.05) is 0 Å².